The lowest BCUT2D eigenvalue weighted by Crippen LogP contribution is -2.38. The molecule has 1 amide bonds. The van der Waals surface area contributed by atoms with E-state index in [-0.39, 0.29) is 0 Å². The predicted molar refractivity (Wildman–Crippen MR) is 124 cm³/mol. The molecule has 0 saturated carbocycles. The van der Waals surface area contributed by atoms with Gasteiger partial charge in [-0.25, -0.2) is 4.79 Å². The topological polar surface area (TPSA) is 91.4 Å². The van der Waals surface area contributed by atoms with Crippen molar-refractivity contribution in [1.29, 1.82) is 0 Å². The smallest absolute Gasteiger partial charge is 0.411 e. The second-order valence-electron chi connectivity index (χ2n) is 7.37. The van der Waals surface area contributed by atoms with Gasteiger partial charge >= 0.3 is 6.09 Å². The van der Waals surface area contributed by atoms with Gasteiger partial charge in [0, 0.05) is 43.0 Å². The monoisotopic (exact) mass is 453 g/mol. The van der Waals surface area contributed by atoms with Crippen molar-refractivity contribution >= 4 is 22.7 Å². The molecule has 0 spiro atoms. The van der Waals surface area contributed by atoms with Crippen molar-refractivity contribution in [1.82, 2.24) is 9.88 Å². The number of pyridine rings is 1. The molecule has 4 rings (SSSR count). The molecule has 33 heavy (non-hydrogen) atoms. The number of anilines is 1. The maximum Gasteiger partial charge on any atom is 0.411 e. The quantitative estimate of drug-likeness (QED) is 0.549. The van der Waals surface area contributed by atoms with Gasteiger partial charge in [-0.1, -0.05) is 0 Å². The van der Waals surface area contributed by atoms with Crippen molar-refractivity contribution in [2.45, 2.75) is 0 Å². The Bertz CT molecular complexity index is 1080. The Balaban J connectivity index is 1.35. The van der Waals surface area contributed by atoms with Crippen LogP contribution in [0.5, 0.6) is 23.0 Å². The third-order valence-corrected chi connectivity index (χ3v) is 5.28. The molecule has 2 heterocycles. The number of nitrogens with zero attached hydrogens (tertiary/aromatic N) is 2. The lowest BCUT2D eigenvalue weighted by atomic mass is 10.2. The average molecular weight is 453 g/mol. The first kappa shape index (κ1) is 22.6. The minimum atomic E-state index is -0.488. The number of rotatable bonds is 8. The van der Waals surface area contributed by atoms with Crippen LogP contribution in [-0.4, -0.2) is 69.7 Å². The largest absolute Gasteiger partial charge is 0.493 e. The Labute approximate surface area is 192 Å². The summed E-state index contributed by atoms with van der Waals surface area (Å²) >= 11 is 0. The first-order valence-electron chi connectivity index (χ1n) is 10.7. The van der Waals surface area contributed by atoms with E-state index in [9.17, 15) is 4.79 Å². The third kappa shape index (κ3) is 5.82. The summed E-state index contributed by atoms with van der Waals surface area (Å²) in [4.78, 5) is 18.6. The standard InChI is InChI=1S/C24H27N3O6/c1-29-22-15-19-20(16-23(22)30-2)25-8-7-21(19)33-18-5-3-17(4-6-18)26-24(28)32-14-11-27-9-12-31-13-10-27/h3-8,15-16H,9-14H2,1-2H3,(H,26,28). The zero-order valence-corrected chi connectivity index (χ0v) is 18.7. The van der Waals surface area contributed by atoms with Gasteiger partial charge in [0.1, 0.15) is 18.1 Å². The van der Waals surface area contributed by atoms with Crippen LogP contribution in [0.4, 0.5) is 10.5 Å². The maximum absolute atomic E-state index is 12.1. The number of morpholine rings is 1. The van der Waals surface area contributed by atoms with Crippen molar-refractivity contribution in [2.24, 2.45) is 0 Å². The molecule has 9 nitrogen and oxygen atoms in total. The van der Waals surface area contributed by atoms with Crippen LogP contribution in [0.3, 0.4) is 0 Å². The van der Waals surface area contributed by atoms with Gasteiger partial charge in [-0.2, -0.15) is 0 Å². The van der Waals surface area contributed by atoms with Gasteiger partial charge in [-0.05, 0) is 36.4 Å². The van der Waals surface area contributed by atoms with Gasteiger partial charge in [-0.15, -0.1) is 0 Å². The Morgan fingerprint density at radius 1 is 1.03 bits per heavy atom. The summed E-state index contributed by atoms with van der Waals surface area (Å²) in [7, 11) is 3.17. The van der Waals surface area contributed by atoms with Gasteiger partial charge in [0.15, 0.2) is 11.5 Å². The second kappa shape index (κ2) is 10.8. The fraction of sp³-hybridized carbons (Fsp3) is 0.333. The molecule has 0 bridgehead atoms. The number of methoxy groups -OCH3 is 2. The minimum Gasteiger partial charge on any atom is -0.493 e. The maximum atomic E-state index is 12.1. The van der Waals surface area contributed by atoms with E-state index < -0.39 is 6.09 Å². The lowest BCUT2D eigenvalue weighted by Gasteiger charge is -2.26. The predicted octanol–water partition coefficient (Wildman–Crippen LogP) is 3.93. The molecular formula is C24H27N3O6. The molecule has 1 aromatic heterocycles. The highest BCUT2D eigenvalue weighted by atomic mass is 16.5. The van der Waals surface area contributed by atoms with E-state index in [0.717, 1.165) is 37.2 Å². The van der Waals surface area contributed by atoms with Crippen LogP contribution in [0.1, 0.15) is 0 Å². The van der Waals surface area contributed by atoms with Crippen molar-refractivity contribution in [2.75, 3.05) is 59.0 Å². The highest BCUT2D eigenvalue weighted by Crippen LogP contribution is 2.36. The number of amides is 1. The summed E-state index contributed by atoms with van der Waals surface area (Å²) < 4.78 is 27.4. The molecule has 174 valence electrons. The Kier molecular flexibility index (Phi) is 7.43. The molecule has 0 atom stereocenters. The van der Waals surface area contributed by atoms with Crippen LogP contribution >= 0.6 is 0 Å². The summed E-state index contributed by atoms with van der Waals surface area (Å²) in [6, 6.07) is 12.5. The molecule has 3 aromatic rings. The van der Waals surface area contributed by atoms with Crippen molar-refractivity contribution in [3.8, 4) is 23.0 Å². The van der Waals surface area contributed by atoms with Crippen molar-refractivity contribution in [3.63, 3.8) is 0 Å². The molecule has 1 aliphatic rings. The Morgan fingerprint density at radius 2 is 1.76 bits per heavy atom. The zero-order valence-electron chi connectivity index (χ0n) is 18.7. The third-order valence-electron chi connectivity index (χ3n) is 5.28. The number of carbonyl (C=O) groups is 1. The van der Waals surface area contributed by atoms with E-state index in [1.807, 2.05) is 6.07 Å². The summed E-state index contributed by atoms with van der Waals surface area (Å²) in [5, 5.41) is 3.52. The fourth-order valence-electron chi connectivity index (χ4n) is 3.52. The molecule has 2 aromatic carbocycles. The van der Waals surface area contributed by atoms with E-state index in [2.05, 4.69) is 15.2 Å². The summed E-state index contributed by atoms with van der Waals surface area (Å²) in [5.74, 6) is 2.43. The van der Waals surface area contributed by atoms with Gasteiger partial charge < -0.3 is 23.7 Å². The first-order valence-corrected chi connectivity index (χ1v) is 10.7. The molecule has 0 aliphatic carbocycles. The second-order valence-corrected chi connectivity index (χ2v) is 7.37. The molecule has 9 heteroatoms. The number of hydrogen-bond donors (Lipinski definition) is 1. The Hall–Kier alpha value is -3.56. The Morgan fingerprint density at radius 3 is 2.48 bits per heavy atom. The molecule has 0 unspecified atom stereocenters. The molecular weight excluding hydrogens is 426 g/mol. The van der Waals surface area contributed by atoms with Crippen LogP contribution in [0.15, 0.2) is 48.7 Å². The number of benzene rings is 2. The molecule has 1 fully saturated rings. The molecule has 1 aliphatic heterocycles. The first-order chi connectivity index (χ1) is 16.2. The van der Waals surface area contributed by atoms with E-state index in [0.29, 0.717) is 41.8 Å². The van der Waals surface area contributed by atoms with E-state index in [1.54, 1.807) is 56.8 Å². The lowest BCUT2D eigenvalue weighted by molar-refractivity contribution is 0.0290. The number of hydrogen-bond acceptors (Lipinski definition) is 8. The number of nitrogens with one attached hydrogen (secondary N) is 1. The number of aromatic nitrogens is 1. The van der Waals surface area contributed by atoms with Crippen LogP contribution in [0.25, 0.3) is 10.9 Å². The fourth-order valence-corrected chi connectivity index (χ4v) is 3.52. The summed E-state index contributed by atoms with van der Waals surface area (Å²) in [6.07, 6.45) is 1.19. The number of fused-ring (bicyclic) bond motifs is 1. The molecule has 0 radical (unpaired) electrons. The highest BCUT2D eigenvalue weighted by molar-refractivity contribution is 5.88. The normalized spacial score (nSPS) is 14.0. The van der Waals surface area contributed by atoms with Crippen LogP contribution < -0.4 is 19.5 Å². The van der Waals surface area contributed by atoms with Crippen LogP contribution in [0.2, 0.25) is 0 Å². The van der Waals surface area contributed by atoms with Gasteiger partial charge in [-0.3, -0.25) is 15.2 Å². The number of carbonyl (C=O) groups excluding carboxylic acids is 1. The van der Waals surface area contributed by atoms with Crippen molar-refractivity contribution < 1.29 is 28.5 Å². The minimum absolute atomic E-state index is 0.330. The molecule has 1 N–H and O–H groups in total. The summed E-state index contributed by atoms with van der Waals surface area (Å²) in [6.45, 7) is 4.19. The van der Waals surface area contributed by atoms with Gasteiger partial charge in [0.2, 0.25) is 0 Å². The average Bonchev–Trinajstić information content (AvgIpc) is 2.85. The number of ether oxygens (including phenoxy) is 5. The van der Waals surface area contributed by atoms with Crippen LogP contribution in [-0.2, 0) is 9.47 Å². The summed E-state index contributed by atoms with van der Waals surface area (Å²) in [5.41, 5.74) is 1.34. The SMILES string of the molecule is COc1cc2nccc(Oc3ccc(NC(=O)OCCN4CCOCC4)cc3)c2cc1OC. The van der Waals surface area contributed by atoms with Crippen molar-refractivity contribution in [3.05, 3.63) is 48.7 Å². The van der Waals surface area contributed by atoms with E-state index in [1.165, 1.54) is 0 Å². The van der Waals surface area contributed by atoms with Gasteiger partial charge in [0.25, 0.3) is 0 Å². The van der Waals surface area contributed by atoms with Gasteiger partial charge in [0.05, 0.1) is 33.0 Å². The van der Waals surface area contributed by atoms with Crippen LogP contribution in [0, 0.1) is 0 Å². The molecule has 1 saturated heterocycles. The zero-order chi connectivity index (χ0) is 23.0. The van der Waals surface area contributed by atoms with E-state index in [4.69, 9.17) is 23.7 Å². The highest BCUT2D eigenvalue weighted by Gasteiger charge is 2.13. The van der Waals surface area contributed by atoms with E-state index >= 15 is 0 Å².